The number of aromatic hydroxyl groups is 1. The molecule has 0 radical (unpaired) electrons. The van der Waals surface area contributed by atoms with E-state index in [1.54, 1.807) is 48.7 Å². The SMILES string of the molecule is CCOc1ccc(S(=O)(=O)Nc2cc(Sc3cccc4cccnc34)c(O)c3ccccc23)cc1. The fourth-order valence-corrected chi connectivity index (χ4v) is 5.96. The van der Waals surface area contributed by atoms with Gasteiger partial charge in [0.25, 0.3) is 10.0 Å². The highest BCUT2D eigenvalue weighted by Gasteiger charge is 2.19. The Hall–Kier alpha value is -3.75. The number of fused-ring (bicyclic) bond motifs is 2. The fourth-order valence-electron chi connectivity index (χ4n) is 3.86. The van der Waals surface area contributed by atoms with Gasteiger partial charge in [-0.15, -0.1) is 0 Å². The Kier molecular flexibility index (Phi) is 6.23. The van der Waals surface area contributed by atoms with Crippen LogP contribution < -0.4 is 9.46 Å². The lowest BCUT2D eigenvalue weighted by atomic mass is 10.1. The third-order valence-corrected chi connectivity index (χ3v) is 7.95. The maximum atomic E-state index is 13.2. The fraction of sp³-hybridized carbons (Fsp3) is 0.0741. The van der Waals surface area contributed by atoms with E-state index in [1.807, 2.05) is 37.3 Å². The number of phenolic OH excluding ortho intramolecular Hbond substituents is 1. The van der Waals surface area contributed by atoms with Gasteiger partial charge in [0.2, 0.25) is 0 Å². The molecule has 2 N–H and O–H groups in total. The minimum atomic E-state index is -3.88. The first-order chi connectivity index (χ1) is 17.0. The number of rotatable bonds is 7. The second-order valence-electron chi connectivity index (χ2n) is 7.76. The van der Waals surface area contributed by atoms with Crippen LogP contribution in [-0.2, 0) is 10.0 Å². The van der Waals surface area contributed by atoms with Gasteiger partial charge in [-0.05, 0) is 49.4 Å². The number of nitrogens with zero attached hydrogens (tertiary/aromatic N) is 1. The van der Waals surface area contributed by atoms with Crippen LogP contribution in [-0.4, -0.2) is 25.1 Å². The Labute approximate surface area is 207 Å². The van der Waals surface area contributed by atoms with Crippen LogP contribution in [0.5, 0.6) is 11.5 Å². The van der Waals surface area contributed by atoms with E-state index in [1.165, 1.54) is 23.9 Å². The molecule has 0 aliphatic rings. The number of sulfonamides is 1. The largest absolute Gasteiger partial charge is 0.506 e. The highest BCUT2D eigenvalue weighted by atomic mass is 32.2. The number of hydrogen-bond acceptors (Lipinski definition) is 6. The van der Waals surface area contributed by atoms with Crippen LogP contribution >= 0.6 is 11.8 Å². The summed E-state index contributed by atoms with van der Waals surface area (Å²) in [7, 11) is -3.88. The summed E-state index contributed by atoms with van der Waals surface area (Å²) in [6.45, 7) is 2.36. The second-order valence-corrected chi connectivity index (χ2v) is 10.5. The zero-order chi connectivity index (χ0) is 24.4. The molecule has 0 amide bonds. The molecule has 35 heavy (non-hydrogen) atoms. The molecule has 5 rings (SSSR count). The Morgan fingerprint density at radius 3 is 2.43 bits per heavy atom. The van der Waals surface area contributed by atoms with Gasteiger partial charge in [-0.1, -0.05) is 54.2 Å². The van der Waals surface area contributed by atoms with E-state index in [4.69, 9.17) is 4.74 Å². The summed E-state index contributed by atoms with van der Waals surface area (Å²) < 4.78 is 34.6. The van der Waals surface area contributed by atoms with Crippen LogP contribution in [0.1, 0.15) is 6.92 Å². The van der Waals surface area contributed by atoms with Crippen molar-refractivity contribution in [2.75, 3.05) is 11.3 Å². The highest BCUT2D eigenvalue weighted by Crippen LogP contribution is 2.44. The maximum absolute atomic E-state index is 13.2. The molecule has 0 aliphatic carbocycles. The number of hydrogen-bond donors (Lipinski definition) is 2. The number of ether oxygens (including phenoxy) is 1. The van der Waals surface area contributed by atoms with Gasteiger partial charge in [0.1, 0.15) is 11.5 Å². The molecule has 0 spiro atoms. The van der Waals surface area contributed by atoms with Crippen LogP contribution in [0.2, 0.25) is 0 Å². The number of anilines is 1. The van der Waals surface area contributed by atoms with Crippen molar-refractivity contribution < 1.29 is 18.3 Å². The van der Waals surface area contributed by atoms with E-state index in [-0.39, 0.29) is 10.6 Å². The number of benzene rings is 4. The summed E-state index contributed by atoms with van der Waals surface area (Å²) in [5.74, 6) is 0.687. The zero-order valence-corrected chi connectivity index (χ0v) is 20.4. The van der Waals surface area contributed by atoms with E-state index in [0.717, 1.165) is 15.8 Å². The summed E-state index contributed by atoms with van der Waals surface area (Å²) in [5, 5.41) is 13.2. The molecule has 0 saturated heterocycles. The third-order valence-electron chi connectivity index (χ3n) is 5.49. The lowest BCUT2D eigenvalue weighted by Gasteiger charge is -2.15. The third kappa shape index (κ3) is 4.62. The van der Waals surface area contributed by atoms with Crippen LogP contribution in [0.4, 0.5) is 5.69 Å². The summed E-state index contributed by atoms with van der Waals surface area (Å²) >= 11 is 1.34. The van der Waals surface area contributed by atoms with E-state index in [0.29, 0.717) is 33.7 Å². The normalized spacial score (nSPS) is 11.6. The molecule has 0 bridgehead atoms. The van der Waals surface area contributed by atoms with Gasteiger partial charge in [0.15, 0.2) is 0 Å². The highest BCUT2D eigenvalue weighted by molar-refractivity contribution is 7.99. The second kappa shape index (κ2) is 9.48. The molecule has 4 aromatic carbocycles. The molecule has 0 aliphatic heterocycles. The summed E-state index contributed by atoms with van der Waals surface area (Å²) in [6.07, 6.45) is 1.73. The average Bonchev–Trinajstić information content (AvgIpc) is 2.87. The first-order valence-electron chi connectivity index (χ1n) is 11.0. The smallest absolute Gasteiger partial charge is 0.261 e. The topological polar surface area (TPSA) is 88.5 Å². The molecule has 0 atom stereocenters. The number of nitrogens with one attached hydrogen (secondary N) is 1. The minimum absolute atomic E-state index is 0.0857. The lowest BCUT2D eigenvalue weighted by molar-refractivity contribution is 0.340. The van der Waals surface area contributed by atoms with Gasteiger partial charge in [0.05, 0.1) is 27.6 Å². The molecule has 176 valence electrons. The van der Waals surface area contributed by atoms with Gasteiger partial charge in [-0.2, -0.15) is 0 Å². The van der Waals surface area contributed by atoms with Gasteiger partial charge in [-0.25, -0.2) is 8.42 Å². The van der Waals surface area contributed by atoms with Gasteiger partial charge >= 0.3 is 0 Å². The predicted molar refractivity (Wildman–Crippen MR) is 140 cm³/mol. The summed E-state index contributed by atoms with van der Waals surface area (Å²) in [4.78, 5) is 5.98. The Balaban J connectivity index is 1.57. The van der Waals surface area contributed by atoms with Crippen LogP contribution in [0.25, 0.3) is 21.7 Å². The molecule has 1 heterocycles. The Morgan fingerprint density at radius 1 is 0.914 bits per heavy atom. The lowest BCUT2D eigenvalue weighted by Crippen LogP contribution is -2.13. The zero-order valence-electron chi connectivity index (χ0n) is 18.8. The van der Waals surface area contributed by atoms with E-state index in [2.05, 4.69) is 9.71 Å². The standard InChI is InChI=1S/C27H22N2O4S2/c1-2-33-19-12-14-20(15-13-19)35(31,32)29-23-17-25(27(30)22-10-4-3-9-21(22)23)34-24-11-5-7-18-8-6-16-28-26(18)24/h3-17,29-30H,2H2,1H3. The first kappa shape index (κ1) is 23.0. The summed E-state index contributed by atoms with van der Waals surface area (Å²) in [5.41, 5.74) is 1.19. The Bertz CT molecular complexity index is 1630. The molecular weight excluding hydrogens is 480 g/mol. The first-order valence-corrected chi connectivity index (χ1v) is 13.3. The van der Waals surface area contributed by atoms with E-state index >= 15 is 0 Å². The van der Waals surface area contributed by atoms with Crippen LogP contribution in [0, 0.1) is 0 Å². The van der Waals surface area contributed by atoms with Crippen LogP contribution in [0.3, 0.4) is 0 Å². The van der Waals surface area contributed by atoms with Crippen molar-refractivity contribution in [1.29, 1.82) is 0 Å². The molecule has 5 aromatic rings. The minimum Gasteiger partial charge on any atom is -0.506 e. The Morgan fingerprint density at radius 2 is 1.66 bits per heavy atom. The predicted octanol–water partition coefficient (Wildman–Crippen LogP) is 6.44. The molecule has 8 heteroatoms. The van der Waals surface area contributed by atoms with Gasteiger partial charge in [0, 0.05) is 27.3 Å². The molecule has 1 aromatic heterocycles. The van der Waals surface area contributed by atoms with E-state index < -0.39 is 10.0 Å². The number of para-hydroxylation sites is 1. The number of aromatic nitrogens is 1. The quantitative estimate of drug-likeness (QED) is 0.249. The van der Waals surface area contributed by atoms with E-state index in [9.17, 15) is 13.5 Å². The monoisotopic (exact) mass is 502 g/mol. The molecule has 0 unspecified atom stereocenters. The number of phenols is 1. The maximum Gasteiger partial charge on any atom is 0.261 e. The molecule has 0 fully saturated rings. The van der Waals surface area contributed by atoms with Crippen molar-refractivity contribution in [2.24, 2.45) is 0 Å². The molecular formula is C27H22N2O4S2. The number of pyridine rings is 1. The molecule has 6 nitrogen and oxygen atoms in total. The van der Waals surface area contributed by atoms with Crippen molar-refractivity contribution in [1.82, 2.24) is 4.98 Å². The average molecular weight is 503 g/mol. The van der Waals surface area contributed by atoms with Crippen molar-refractivity contribution in [2.45, 2.75) is 21.6 Å². The summed E-state index contributed by atoms with van der Waals surface area (Å²) in [6, 6.07) is 24.8. The van der Waals surface area contributed by atoms with Crippen molar-refractivity contribution >= 4 is 49.1 Å². The molecule has 0 saturated carbocycles. The van der Waals surface area contributed by atoms with Crippen molar-refractivity contribution in [3.05, 3.63) is 91.1 Å². The van der Waals surface area contributed by atoms with Crippen molar-refractivity contribution in [3.8, 4) is 11.5 Å². The van der Waals surface area contributed by atoms with Gasteiger partial charge in [-0.3, -0.25) is 9.71 Å². The van der Waals surface area contributed by atoms with Crippen molar-refractivity contribution in [3.63, 3.8) is 0 Å². The van der Waals surface area contributed by atoms with Crippen LogP contribution in [0.15, 0.2) is 106 Å². The van der Waals surface area contributed by atoms with Gasteiger partial charge < -0.3 is 9.84 Å².